The molecule has 0 aliphatic heterocycles. The van der Waals surface area contributed by atoms with Crippen LogP contribution in [0.25, 0.3) is 0 Å². The van der Waals surface area contributed by atoms with Gasteiger partial charge in [-0.1, -0.05) is 12.1 Å². The average Bonchev–Trinajstić information content (AvgIpc) is 2.31. The first-order valence-corrected chi connectivity index (χ1v) is 4.90. The maximum Gasteiger partial charge on any atom is 0.118 e. The molecule has 0 bridgehead atoms. The van der Waals surface area contributed by atoms with Crippen molar-refractivity contribution >= 4 is 0 Å². The van der Waals surface area contributed by atoms with E-state index in [-0.39, 0.29) is 6.04 Å². The van der Waals surface area contributed by atoms with E-state index in [0.717, 1.165) is 17.7 Å². The van der Waals surface area contributed by atoms with Crippen LogP contribution in [0.15, 0.2) is 24.3 Å². The lowest BCUT2D eigenvalue weighted by molar-refractivity contribution is 0.183. The first kappa shape index (κ1) is 12.0. The molecule has 0 radical (unpaired) electrons. The van der Waals surface area contributed by atoms with Crippen molar-refractivity contribution in [3.8, 4) is 5.75 Å². The number of hydrazine groups is 1. The Balaban J connectivity index is 2.65. The van der Waals surface area contributed by atoms with Gasteiger partial charge in [-0.05, 0) is 24.1 Å². The van der Waals surface area contributed by atoms with E-state index >= 15 is 0 Å². The maximum atomic E-state index is 5.48. The fourth-order valence-electron chi connectivity index (χ4n) is 1.42. The summed E-state index contributed by atoms with van der Waals surface area (Å²) in [7, 11) is 3.33. The fourth-order valence-corrected chi connectivity index (χ4v) is 1.42. The van der Waals surface area contributed by atoms with Crippen molar-refractivity contribution in [3.05, 3.63) is 29.8 Å². The molecule has 0 saturated heterocycles. The van der Waals surface area contributed by atoms with Crippen LogP contribution in [0.1, 0.15) is 18.0 Å². The van der Waals surface area contributed by atoms with Crippen LogP contribution in [0.2, 0.25) is 0 Å². The highest BCUT2D eigenvalue weighted by atomic mass is 16.5. The van der Waals surface area contributed by atoms with Gasteiger partial charge >= 0.3 is 0 Å². The monoisotopic (exact) mass is 210 g/mol. The summed E-state index contributed by atoms with van der Waals surface area (Å²) in [6.07, 6.45) is 0.847. The van der Waals surface area contributed by atoms with Crippen molar-refractivity contribution < 1.29 is 9.47 Å². The van der Waals surface area contributed by atoms with Crippen LogP contribution in [-0.4, -0.2) is 20.8 Å². The standard InChI is InChI=1S/C11H18N2O2/c1-14-8-7-11(13-12)9-3-5-10(15-2)6-4-9/h3-6,11,13H,7-8,12H2,1-2H3. The predicted octanol–water partition coefficient (Wildman–Crippen LogP) is 1.24. The van der Waals surface area contributed by atoms with E-state index in [4.69, 9.17) is 15.3 Å². The summed E-state index contributed by atoms with van der Waals surface area (Å²) >= 11 is 0. The normalized spacial score (nSPS) is 12.5. The van der Waals surface area contributed by atoms with Gasteiger partial charge in [0, 0.05) is 19.8 Å². The number of nitrogens with two attached hydrogens (primary N) is 1. The average molecular weight is 210 g/mol. The van der Waals surface area contributed by atoms with Crippen LogP contribution in [0.5, 0.6) is 5.75 Å². The highest BCUT2D eigenvalue weighted by molar-refractivity contribution is 5.28. The van der Waals surface area contributed by atoms with Crippen LogP contribution in [-0.2, 0) is 4.74 Å². The van der Waals surface area contributed by atoms with Gasteiger partial charge in [0.2, 0.25) is 0 Å². The van der Waals surface area contributed by atoms with E-state index < -0.39 is 0 Å². The van der Waals surface area contributed by atoms with Gasteiger partial charge in [0.25, 0.3) is 0 Å². The molecule has 0 heterocycles. The number of hydrogen-bond donors (Lipinski definition) is 2. The third kappa shape index (κ3) is 3.51. The summed E-state index contributed by atoms with van der Waals surface area (Å²) in [6, 6.07) is 7.97. The smallest absolute Gasteiger partial charge is 0.118 e. The van der Waals surface area contributed by atoms with Gasteiger partial charge in [0.05, 0.1) is 7.11 Å². The first-order chi connectivity index (χ1) is 7.31. The molecule has 0 amide bonds. The molecule has 3 N–H and O–H groups in total. The molecule has 4 nitrogen and oxygen atoms in total. The van der Waals surface area contributed by atoms with Crippen LogP contribution in [0.4, 0.5) is 0 Å². The molecule has 1 aromatic rings. The molecular weight excluding hydrogens is 192 g/mol. The quantitative estimate of drug-likeness (QED) is 0.548. The highest BCUT2D eigenvalue weighted by Crippen LogP contribution is 2.19. The second-order valence-electron chi connectivity index (χ2n) is 3.27. The Morgan fingerprint density at radius 2 is 1.93 bits per heavy atom. The Kier molecular flexibility index (Phi) is 5.10. The summed E-state index contributed by atoms with van der Waals surface area (Å²) in [5, 5.41) is 0. The number of nitrogens with one attached hydrogen (secondary N) is 1. The van der Waals surface area contributed by atoms with Gasteiger partial charge in [-0.2, -0.15) is 0 Å². The lowest BCUT2D eigenvalue weighted by Crippen LogP contribution is -2.28. The molecule has 0 fully saturated rings. The van der Waals surface area contributed by atoms with Gasteiger partial charge in [-0.25, -0.2) is 0 Å². The Morgan fingerprint density at radius 1 is 1.27 bits per heavy atom. The molecule has 0 spiro atoms. The SMILES string of the molecule is COCCC(NN)c1ccc(OC)cc1. The van der Waals surface area contributed by atoms with Gasteiger partial charge in [-0.3, -0.25) is 11.3 Å². The van der Waals surface area contributed by atoms with Gasteiger partial charge in [0.15, 0.2) is 0 Å². The number of methoxy groups -OCH3 is 2. The minimum atomic E-state index is 0.121. The summed E-state index contributed by atoms with van der Waals surface area (Å²) in [4.78, 5) is 0. The topological polar surface area (TPSA) is 56.5 Å². The molecule has 1 rings (SSSR count). The third-order valence-electron chi connectivity index (χ3n) is 2.33. The van der Waals surface area contributed by atoms with Crippen LogP contribution >= 0.6 is 0 Å². The molecule has 0 aliphatic rings. The zero-order valence-corrected chi connectivity index (χ0v) is 9.19. The maximum absolute atomic E-state index is 5.48. The molecule has 1 aromatic carbocycles. The molecule has 84 valence electrons. The minimum Gasteiger partial charge on any atom is -0.497 e. The third-order valence-corrected chi connectivity index (χ3v) is 2.33. The van der Waals surface area contributed by atoms with Crippen molar-refractivity contribution in [3.63, 3.8) is 0 Å². The Hall–Kier alpha value is -1.10. The zero-order chi connectivity index (χ0) is 11.1. The lowest BCUT2D eigenvalue weighted by Gasteiger charge is -2.15. The molecule has 1 unspecified atom stereocenters. The second-order valence-corrected chi connectivity index (χ2v) is 3.27. The second kappa shape index (κ2) is 6.40. The van der Waals surface area contributed by atoms with Crippen molar-refractivity contribution in [2.24, 2.45) is 5.84 Å². The van der Waals surface area contributed by atoms with E-state index in [1.165, 1.54) is 0 Å². The zero-order valence-electron chi connectivity index (χ0n) is 9.19. The number of hydrogen-bond acceptors (Lipinski definition) is 4. The van der Waals surface area contributed by atoms with Crippen molar-refractivity contribution in [1.29, 1.82) is 0 Å². The van der Waals surface area contributed by atoms with Crippen LogP contribution in [0, 0.1) is 0 Å². The molecule has 0 aliphatic carbocycles. The molecule has 0 saturated carbocycles. The predicted molar refractivity (Wildman–Crippen MR) is 59.6 cm³/mol. The number of ether oxygens (including phenoxy) is 2. The Labute approximate surface area is 90.3 Å². The van der Waals surface area contributed by atoms with Gasteiger partial charge in [0.1, 0.15) is 5.75 Å². The van der Waals surface area contributed by atoms with Crippen molar-refractivity contribution in [2.45, 2.75) is 12.5 Å². The molecular formula is C11H18N2O2. The van der Waals surface area contributed by atoms with E-state index in [2.05, 4.69) is 5.43 Å². The number of benzene rings is 1. The lowest BCUT2D eigenvalue weighted by atomic mass is 10.0. The van der Waals surface area contributed by atoms with Gasteiger partial charge in [-0.15, -0.1) is 0 Å². The summed E-state index contributed by atoms with van der Waals surface area (Å²) < 4.78 is 10.1. The molecule has 1 atom stereocenters. The van der Waals surface area contributed by atoms with E-state index in [1.807, 2.05) is 24.3 Å². The summed E-state index contributed by atoms with van der Waals surface area (Å²) in [6.45, 7) is 0.681. The minimum absolute atomic E-state index is 0.121. The highest BCUT2D eigenvalue weighted by Gasteiger charge is 2.08. The summed E-state index contributed by atoms with van der Waals surface area (Å²) in [5.41, 5.74) is 3.90. The van der Waals surface area contributed by atoms with Crippen molar-refractivity contribution in [1.82, 2.24) is 5.43 Å². The Morgan fingerprint density at radius 3 is 2.40 bits per heavy atom. The van der Waals surface area contributed by atoms with E-state index in [1.54, 1.807) is 14.2 Å². The Bertz CT molecular complexity index is 274. The molecule has 4 heteroatoms. The fraction of sp³-hybridized carbons (Fsp3) is 0.455. The molecule has 0 aromatic heterocycles. The summed E-state index contributed by atoms with van der Waals surface area (Å²) in [5.74, 6) is 6.33. The first-order valence-electron chi connectivity index (χ1n) is 4.90. The van der Waals surface area contributed by atoms with E-state index in [9.17, 15) is 0 Å². The largest absolute Gasteiger partial charge is 0.497 e. The number of rotatable bonds is 6. The van der Waals surface area contributed by atoms with Gasteiger partial charge < -0.3 is 9.47 Å². The van der Waals surface area contributed by atoms with Crippen LogP contribution < -0.4 is 16.0 Å². The molecule has 15 heavy (non-hydrogen) atoms. The van der Waals surface area contributed by atoms with Crippen molar-refractivity contribution in [2.75, 3.05) is 20.8 Å². The van der Waals surface area contributed by atoms with E-state index in [0.29, 0.717) is 6.61 Å². The van der Waals surface area contributed by atoms with Crippen LogP contribution in [0.3, 0.4) is 0 Å².